The quantitative estimate of drug-likeness (QED) is 0.805. The number of anilines is 2. The van der Waals surface area contributed by atoms with Crippen molar-refractivity contribution in [1.29, 1.82) is 0 Å². The highest BCUT2D eigenvalue weighted by atomic mass is 32.2. The van der Waals surface area contributed by atoms with Crippen LogP contribution in [0.2, 0.25) is 0 Å². The largest absolute Gasteiger partial charge is 0.383 e. The summed E-state index contributed by atoms with van der Waals surface area (Å²) in [6.45, 7) is 3.94. The minimum absolute atomic E-state index is 0.00293. The van der Waals surface area contributed by atoms with Crippen molar-refractivity contribution in [3.63, 3.8) is 0 Å². The van der Waals surface area contributed by atoms with Gasteiger partial charge in [0.15, 0.2) is 15.7 Å². The molecule has 0 bridgehead atoms. The van der Waals surface area contributed by atoms with Gasteiger partial charge in [-0.3, -0.25) is 0 Å². The molecule has 6 nitrogen and oxygen atoms in total. The Balaban J connectivity index is 3.03. The predicted molar refractivity (Wildman–Crippen MR) is 69.2 cm³/mol. The van der Waals surface area contributed by atoms with E-state index in [1.165, 1.54) is 0 Å². The summed E-state index contributed by atoms with van der Waals surface area (Å²) in [7, 11) is -1.77. The number of hydrogen-bond acceptors (Lipinski definition) is 7. The monoisotopic (exact) mass is 279 g/mol. The molecule has 0 aliphatic carbocycles. The third kappa shape index (κ3) is 3.30. The van der Waals surface area contributed by atoms with E-state index in [4.69, 9.17) is 10.5 Å². The SMILES string of the molecule is CCS(=O)(=O)c1c(N)nsc1NC(C)COC. The maximum absolute atomic E-state index is 11.9. The topological polar surface area (TPSA) is 94.3 Å². The summed E-state index contributed by atoms with van der Waals surface area (Å²) < 4.78 is 32.6. The molecule has 0 aliphatic heterocycles. The molecular formula is C9H17N3O3S2. The van der Waals surface area contributed by atoms with Crippen molar-refractivity contribution in [2.75, 3.05) is 30.5 Å². The number of methoxy groups -OCH3 is 1. The van der Waals surface area contributed by atoms with Gasteiger partial charge in [0.2, 0.25) is 0 Å². The molecule has 1 aromatic heterocycles. The van der Waals surface area contributed by atoms with Crippen molar-refractivity contribution < 1.29 is 13.2 Å². The molecule has 98 valence electrons. The number of nitrogens with zero attached hydrogens (tertiary/aromatic N) is 1. The number of aromatic nitrogens is 1. The molecule has 0 aliphatic rings. The van der Waals surface area contributed by atoms with E-state index < -0.39 is 9.84 Å². The Morgan fingerprint density at radius 2 is 2.24 bits per heavy atom. The maximum Gasteiger partial charge on any atom is 0.184 e. The van der Waals surface area contributed by atoms with Gasteiger partial charge in [0.25, 0.3) is 0 Å². The van der Waals surface area contributed by atoms with Crippen LogP contribution in [0.15, 0.2) is 4.90 Å². The van der Waals surface area contributed by atoms with E-state index in [1.807, 2.05) is 6.92 Å². The van der Waals surface area contributed by atoms with Gasteiger partial charge in [-0.2, -0.15) is 4.37 Å². The zero-order chi connectivity index (χ0) is 13.1. The molecule has 0 radical (unpaired) electrons. The molecule has 0 saturated carbocycles. The average molecular weight is 279 g/mol. The predicted octanol–water partition coefficient (Wildman–Crippen LogP) is 0.966. The molecule has 0 aromatic carbocycles. The lowest BCUT2D eigenvalue weighted by Gasteiger charge is -2.13. The summed E-state index contributed by atoms with van der Waals surface area (Å²) in [4.78, 5) is 0.105. The highest BCUT2D eigenvalue weighted by Crippen LogP contribution is 2.32. The average Bonchev–Trinajstić information content (AvgIpc) is 2.60. The van der Waals surface area contributed by atoms with Crippen molar-refractivity contribution >= 4 is 32.2 Å². The lowest BCUT2D eigenvalue weighted by atomic mass is 10.4. The Morgan fingerprint density at radius 1 is 1.59 bits per heavy atom. The first-order valence-corrected chi connectivity index (χ1v) is 7.58. The van der Waals surface area contributed by atoms with Crippen LogP contribution in [-0.2, 0) is 14.6 Å². The summed E-state index contributed by atoms with van der Waals surface area (Å²) in [5.74, 6) is 0.0622. The number of rotatable bonds is 6. The summed E-state index contributed by atoms with van der Waals surface area (Å²) >= 11 is 1.05. The van der Waals surface area contributed by atoms with Gasteiger partial charge in [0.05, 0.1) is 12.4 Å². The summed E-state index contributed by atoms with van der Waals surface area (Å²) in [6.07, 6.45) is 0. The second-order valence-corrected chi connectivity index (χ2v) is 6.62. The molecule has 0 spiro atoms. The Labute approximate surface area is 105 Å². The number of ether oxygens (including phenoxy) is 1. The van der Waals surface area contributed by atoms with E-state index >= 15 is 0 Å². The lowest BCUT2D eigenvalue weighted by Crippen LogP contribution is -2.21. The standard InChI is InChI=1S/C9H17N3O3S2/c1-4-17(13,14)7-8(10)12-16-9(7)11-6(2)5-15-3/h6,11H,4-5H2,1-3H3,(H2,10,12). The maximum atomic E-state index is 11.9. The fourth-order valence-corrected chi connectivity index (χ4v) is 3.61. The van der Waals surface area contributed by atoms with Crippen LogP contribution < -0.4 is 11.1 Å². The van der Waals surface area contributed by atoms with Gasteiger partial charge in [-0.05, 0) is 18.5 Å². The summed E-state index contributed by atoms with van der Waals surface area (Å²) in [5.41, 5.74) is 5.60. The number of hydrogen-bond donors (Lipinski definition) is 2. The molecule has 1 heterocycles. The minimum Gasteiger partial charge on any atom is -0.383 e. The molecule has 8 heteroatoms. The van der Waals surface area contributed by atoms with Crippen molar-refractivity contribution in [2.45, 2.75) is 24.8 Å². The second kappa shape index (κ2) is 5.65. The van der Waals surface area contributed by atoms with Crippen LogP contribution >= 0.6 is 11.5 Å². The van der Waals surface area contributed by atoms with Crippen molar-refractivity contribution in [1.82, 2.24) is 4.37 Å². The van der Waals surface area contributed by atoms with Crippen LogP contribution in [0.1, 0.15) is 13.8 Å². The van der Waals surface area contributed by atoms with Crippen LogP contribution in [0.25, 0.3) is 0 Å². The normalized spacial score (nSPS) is 13.6. The van der Waals surface area contributed by atoms with E-state index in [2.05, 4.69) is 9.69 Å². The molecule has 17 heavy (non-hydrogen) atoms. The highest BCUT2D eigenvalue weighted by Gasteiger charge is 2.24. The molecule has 1 rings (SSSR count). The van der Waals surface area contributed by atoms with Gasteiger partial charge in [-0.1, -0.05) is 6.92 Å². The first kappa shape index (κ1) is 14.2. The third-order valence-electron chi connectivity index (χ3n) is 2.16. The van der Waals surface area contributed by atoms with Gasteiger partial charge < -0.3 is 15.8 Å². The number of nitrogens with one attached hydrogen (secondary N) is 1. The third-order valence-corrected chi connectivity index (χ3v) is 4.88. The van der Waals surface area contributed by atoms with Gasteiger partial charge >= 0.3 is 0 Å². The van der Waals surface area contributed by atoms with Crippen LogP contribution in [0.4, 0.5) is 10.8 Å². The number of nitrogens with two attached hydrogens (primary N) is 1. The fourth-order valence-electron chi connectivity index (χ4n) is 1.35. The van der Waals surface area contributed by atoms with Gasteiger partial charge in [-0.25, -0.2) is 8.42 Å². The van der Waals surface area contributed by atoms with Crippen LogP contribution in [-0.4, -0.2) is 38.3 Å². The molecule has 0 amide bonds. The fraction of sp³-hybridized carbons (Fsp3) is 0.667. The Hall–Kier alpha value is -0.860. The Bertz CT molecular complexity index is 470. The van der Waals surface area contributed by atoms with E-state index in [1.54, 1.807) is 14.0 Å². The van der Waals surface area contributed by atoms with Gasteiger partial charge in [0.1, 0.15) is 9.90 Å². The first-order chi connectivity index (χ1) is 7.92. The molecule has 1 aromatic rings. The lowest BCUT2D eigenvalue weighted by molar-refractivity contribution is 0.190. The van der Waals surface area contributed by atoms with E-state index in [-0.39, 0.29) is 22.5 Å². The van der Waals surface area contributed by atoms with E-state index in [0.717, 1.165) is 11.5 Å². The molecule has 0 saturated heterocycles. The van der Waals surface area contributed by atoms with Gasteiger partial charge in [-0.15, -0.1) is 0 Å². The van der Waals surface area contributed by atoms with Gasteiger partial charge in [0, 0.05) is 13.2 Å². The molecular weight excluding hydrogens is 262 g/mol. The summed E-state index contributed by atoms with van der Waals surface area (Å²) in [5, 5.41) is 3.52. The van der Waals surface area contributed by atoms with Crippen LogP contribution in [0.3, 0.4) is 0 Å². The van der Waals surface area contributed by atoms with Crippen molar-refractivity contribution in [3.8, 4) is 0 Å². The molecule has 1 unspecified atom stereocenters. The zero-order valence-corrected chi connectivity index (χ0v) is 11.7. The summed E-state index contributed by atoms with van der Waals surface area (Å²) in [6, 6.07) is -0.00865. The Morgan fingerprint density at radius 3 is 2.76 bits per heavy atom. The van der Waals surface area contributed by atoms with Crippen LogP contribution in [0.5, 0.6) is 0 Å². The van der Waals surface area contributed by atoms with Crippen molar-refractivity contribution in [2.24, 2.45) is 0 Å². The smallest absolute Gasteiger partial charge is 0.184 e. The second-order valence-electron chi connectivity index (χ2n) is 3.63. The zero-order valence-electron chi connectivity index (χ0n) is 10.1. The van der Waals surface area contributed by atoms with E-state index in [0.29, 0.717) is 11.6 Å². The van der Waals surface area contributed by atoms with Crippen LogP contribution in [0, 0.1) is 0 Å². The molecule has 3 N–H and O–H groups in total. The molecule has 1 atom stereocenters. The van der Waals surface area contributed by atoms with Crippen molar-refractivity contribution in [3.05, 3.63) is 0 Å². The number of nitrogen functional groups attached to an aromatic ring is 1. The number of sulfone groups is 1. The van der Waals surface area contributed by atoms with E-state index in [9.17, 15) is 8.42 Å². The molecule has 0 fully saturated rings. The highest BCUT2D eigenvalue weighted by molar-refractivity contribution is 7.91. The first-order valence-electron chi connectivity index (χ1n) is 5.15. The Kier molecular flexibility index (Phi) is 4.72. The minimum atomic E-state index is -3.36.